The van der Waals surface area contributed by atoms with Gasteiger partial charge in [0, 0.05) is 33.1 Å². The molecule has 11 aromatic rings. The molecule has 0 N–H and O–H groups in total. The van der Waals surface area contributed by atoms with Gasteiger partial charge in [0.05, 0.1) is 5.69 Å². The number of aromatic nitrogens is 1. The third kappa shape index (κ3) is 5.27. The number of furan rings is 1. The first kappa shape index (κ1) is 34.4. The van der Waals surface area contributed by atoms with Crippen LogP contribution >= 0.6 is 0 Å². The van der Waals surface area contributed by atoms with E-state index in [1.54, 1.807) is 0 Å². The van der Waals surface area contributed by atoms with Crippen molar-refractivity contribution >= 4 is 60.9 Å². The van der Waals surface area contributed by atoms with Gasteiger partial charge in [-0.25, -0.2) is 4.98 Å². The van der Waals surface area contributed by atoms with E-state index in [4.69, 9.17) is 13.8 Å². The minimum atomic E-state index is -0.171. The van der Waals surface area contributed by atoms with E-state index in [1.165, 1.54) is 38.9 Å². The average Bonchev–Trinajstić information content (AvgIpc) is 3.98. The molecule has 0 spiro atoms. The summed E-state index contributed by atoms with van der Waals surface area (Å²) in [4.78, 5) is 7.32. The van der Waals surface area contributed by atoms with Crippen molar-refractivity contribution in [3.63, 3.8) is 0 Å². The lowest BCUT2D eigenvalue weighted by atomic mass is 9.82. The molecule has 60 heavy (non-hydrogen) atoms. The first-order valence-corrected chi connectivity index (χ1v) is 20.5. The Kier molecular flexibility index (Phi) is 7.54. The van der Waals surface area contributed by atoms with Crippen LogP contribution < -0.4 is 4.90 Å². The Bertz CT molecular complexity index is 3410. The third-order valence-electron chi connectivity index (χ3n) is 12.5. The summed E-state index contributed by atoms with van der Waals surface area (Å²) in [6.07, 6.45) is 0. The Balaban J connectivity index is 1.08. The van der Waals surface area contributed by atoms with E-state index in [0.29, 0.717) is 5.89 Å². The number of rotatable bonds is 6. The monoisotopic (exact) mass is 770 g/mol. The van der Waals surface area contributed by atoms with Gasteiger partial charge in [-0.3, -0.25) is 0 Å². The normalized spacial score (nSPS) is 13.0. The molecule has 1 aliphatic carbocycles. The number of oxazole rings is 1. The fraction of sp³-hybridized carbons (Fsp3) is 0.0536. The van der Waals surface area contributed by atoms with E-state index in [0.717, 1.165) is 72.0 Å². The number of fused-ring (bicyclic) bond motifs is 9. The van der Waals surface area contributed by atoms with Crippen molar-refractivity contribution in [3.8, 4) is 44.8 Å². The summed E-state index contributed by atoms with van der Waals surface area (Å²) >= 11 is 0. The molecule has 2 aromatic heterocycles. The second-order valence-corrected chi connectivity index (χ2v) is 16.3. The second-order valence-electron chi connectivity index (χ2n) is 16.3. The SMILES string of the molecule is CC1(C)c2ccccc2-c2ccc(N(c3ccc(-c4ccc(-c5ccccc5)cc4)cc3)c3cc4ccccc4c4c3oc3cccc(-c5nc6ccccc6o5)c34)cc21. The molecule has 0 amide bonds. The minimum Gasteiger partial charge on any atom is -0.454 e. The number of hydrogen-bond acceptors (Lipinski definition) is 4. The summed E-state index contributed by atoms with van der Waals surface area (Å²) < 4.78 is 13.5. The maximum absolute atomic E-state index is 7.07. The number of anilines is 3. The van der Waals surface area contributed by atoms with Gasteiger partial charge < -0.3 is 13.7 Å². The maximum Gasteiger partial charge on any atom is 0.228 e. The van der Waals surface area contributed by atoms with Crippen LogP contribution in [-0.4, -0.2) is 4.98 Å². The van der Waals surface area contributed by atoms with E-state index < -0.39 is 0 Å². The molecule has 0 radical (unpaired) electrons. The molecule has 0 aliphatic heterocycles. The lowest BCUT2D eigenvalue weighted by Gasteiger charge is -2.28. The Labute approximate surface area is 347 Å². The molecule has 4 nitrogen and oxygen atoms in total. The Morgan fingerprint density at radius 1 is 0.450 bits per heavy atom. The smallest absolute Gasteiger partial charge is 0.228 e. The Hall–Kier alpha value is -7.69. The van der Waals surface area contributed by atoms with Crippen molar-refractivity contribution in [2.24, 2.45) is 0 Å². The number of nitrogens with zero attached hydrogens (tertiary/aromatic N) is 2. The standard InChI is InChI=1S/C56H38N2O2/c1-56(2)46-19-9-8-17-43(46)44-32-31-41(34-47(44)56)58(40-29-27-38(28-30-40)37-25-23-36(24-26-37)35-13-4-3-5-14-35)49-33-39-15-6-7-16-42(39)53-52-45(18-12-22-51(52)59-54(49)53)55-57-48-20-10-11-21-50(48)60-55/h3-34H,1-2H3. The predicted octanol–water partition coefficient (Wildman–Crippen LogP) is 15.7. The van der Waals surface area contributed by atoms with Crippen molar-refractivity contribution in [2.75, 3.05) is 4.90 Å². The van der Waals surface area contributed by atoms with Gasteiger partial charge in [-0.15, -0.1) is 0 Å². The highest BCUT2D eigenvalue weighted by molar-refractivity contribution is 6.26. The molecule has 0 atom stereocenters. The van der Waals surface area contributed by atoms with Gasteiger partial charge >= 0.3 is 0 Å². The summed E-state index contributed by atoms with van der Waals surface area (Å²) in [5.41, 5.74) is 16.9. The highest BCUT2D eigenvalue weighted by Crippen LogP contribution is 2.52. The van der Waals surface area contributed by atoms with Crippen LogP contribution in [0.2, 0.25) is 0 Å². The summed E-state index contributed by atoms with van der Waals surface area (Å²) in [5.74, 6) is 0.573. The summed E-state index contributed by atoms with van der Waals surface area (Å²) in [6, 6.07) is 69.0. The molecule has 0 bridgehead atoms. The molecule has 1 aliphatic rings. The van der Waals surface area contributed by atoms with Crippen LogP contribution in [-0.2, 0) is 5.41 Å². The van der Waals surface area contributed by atoms with Crippen molar-refractivity contribution in [3.05, 3.63) is 205 Å². The molecule has 284 valence electrons. The third-order valence-corrected chi connectivity index (χ3v) is 12.5. The van der Waals surface area contributed by atoms with E-state index in [1.807, 2.05) is 30.3 Å². The van der Waals surface area contributed by atoms with Crippen molar-refractivity contribution < 1.29 is 8.83 Å². The van der Waals surface area contributed by atoms with Gasteiger partial charge in [-0.1, -0.05) is 153 Å². The maximum atomic E-state index is 7.07. The molecule has 0 unspecified atom stereocenters. The molecule has 2 heterocycles. The molecule has 4 heteroatoms. The molecule has 0 fully saturated rings. The zero-order chi connectivity index (χ0) is 40.0. The highest BCUT2D eigenvalue weighted by atomic mass is 16.3. The quantitative estimate of drug-likeness (QED) is 0.169. The summed E-state index contributed by atoms with van der Waals surface area (Å²) in [7, 11) is 0. The first-order valence-electron chi connectivity index (χ1n) is 20.5. The lowest BCUT2D eigenvalue weighted by molar-refractivity contribution is 0.620. The van der Waals surface area contributed by atoms with Crippen LogP contribution in [0.15, 0.2) is 203 Å². The van der Waals surface area contributed by atoms with Crippen molar-refractivity contribution in [2.45, 2.75) is 19.3 Å². The fourth-order valence-electron chi connectivity index (χ4n) is 9.53. The van der Waals surface area contributed by atoms with E-state index in [2.05, 4.69) is 183 Å². The second kappa shape index (κ2) is 13.2. The molecule has 0 saturated carbocycles. The van der Waals surface area contributed by atoms with Crippen molar-refractivity contribution in [1.29, 1.82) is 0 Å². The highest BCUT2D eigenvalue weighted by Gasteiger charge is 2.36. The van der Waals surface area contributed by atoms with Gasteiger partial charge in [-0.2, -0.15) is 0 Å². The number of hydrogen-bond donors (Lipinski definition) is 0. The van der Waals surface area contributed by atoms with Crippen LogP contribution in [0.3, 0.4) is 0 Å². The van der Waals surface area contributed by atoms with Crippen LogP contribution in [0.25, 0.3) is 88.6 Å². The van der Waals surface area contributed by atoms with Gasteiger partial charge in [-0.05, 0) is 110 Å². The number of para-hydroxylation sites is 2. The summed E-state index contributed by atoms with van der Waals surface area (Å²) in [5, 5.41) is 4.24. The topological polar surface area (TPSA) is 42.4 Å². The van der Waals surface area contributed by atoms with E-state index in [9.17, 15) is 0 Å². The molecule has 0 saturated heterocycles. The van der Waals surface area contributed by atoms with Gasteiger partial charge in [0.2, 0.25) is 5.89 Å². The average molecular weight is 771 g/mol. The first-order chi connectivity index (χ1) is 29.5. The van der Waals surface area contributed by atoms with Crippen LogP contribution in [0.5, 0.6) is 0 Å². The zero-order valence-corrected chi connectivity index (χ0v) is 33.2. The van der Waals surface area contributed by atoms with Gasteiger partial charge in [0.15, 0.2) is 11.2 Å². The predicted molar refractivity (Wildman–Crippen MR) is 247 cm³/mol. The van der Waals surface area contributed by atoms with Crippen LogP contribution in [0.1, 0.15) is 25.0 Å². The van der Waals surface area contributed by atoms with Gasteiger partial charge in [0.1, 0.15) is 11.1 Å². The Morgan fingerprint density at radius 2 is 1.07 bits per heavy atom. The fourth-order valence-corrected chi connectivity index (χ4v) is 9.53. The van der Waals surface area contributed by atoms with Gasteiger partial charge in [0.25, 0.3) is 0 Å². The lowest BCUT2D eigenvalue weighted by Crippen LogP contribution is -2.16. The van der Waals surface area contributed by atoms with Crippen molar-refractivity contribution in [1.82, 2.24) is 4.98 Å². The molecular formula is C56H38N2O2. The largest absolute Gasteiger partial charge is 0.454 e. The minimum absolute atomic E-state index is 0.171. The molecular weight excluding hydrogens is 733 g/mol. The summed E-state index contributed by atoms with van der Waals surface area (Å²) in [6.45, 7) is 4.68. The molecule has 9 aromatic carbocycles. The van der Waals surface area contributed by atoms with Crippen LogP contribution in [0, 0.1) is 0 Å². The van der Waals surface area contributed by atoms with E-state index in [-0.39, 0.29) is 5.41 Å². The molecule has 12 rings (SSSR count). The Morgan fingerprint density at radius 3 is 1.87 bits per heavy atom. The zero-order valence-electron chi connectivity index (χ0n) is 33.2. The van der Waals surface area contributed by atoms with E-state index >= 15 is 0 Å². The number of benzene rings is 9. The van der Waals surface area contributed by atoms with Crippen LogP contribution in [0.4, 0.5) is 17.1 Å².